The lowest BCUT2D eigenvalue weighted by atomic mass is 10.3. The first-order chi connectivity index (χ1) is 7.88. The molecule has 4 nitrogen and oxygen atoms in total. The monoisotopic (exact) mass is 209 g/mol. The van der Waals surface area contributed by atoms with Crippen molar-refractivity contribution in [3.63, 3.8) is 0 Å². The molecule has 1 radical (unpaired) electrons. The minimum Gasteiger partial charge on any atom is -0.151 e. The molecule has 0 aromatic heterocycles. The molecule has 0 aliphatic carbocycles. The summed E-state index contributed by atoms with van der Waals surface area (Å²) in [5.41, 5.74) is 10.5. The minimum absolute atomic E-state index is 0.499. The van der Waals surface area contributed by atoms with Crippen LogP contribution in [0.4, 0.5) is 17.1 Å². The van der Waals surface area contributed by atoms with Crippen molar-refractivity contribution in [2.24, 2.45) is 15.3 Å². The fraction of sp³-hybridized carbons (Fsp3) is 0. The van der Waals surface area contributed by atoms with Gasteiger partial charge in [0.25, 0.3) is 0 Å². The van der Waals surface area contributed by atoms with Gasteiger partial charge in [-0.3, -0.25) is 0 Å². The van der Waals surface area contributed by atoms with Gasteiger partial charge in [-0.25, -0.2) is 0 Å². The first-order valence-corrected chi connectivity index (χ1v) is 4.80. The Balaban J connectivity index is 2.14. The highest BCUT2D eigenvalue weighted by atomic mass is 15.1. The Morgan fingerprint density at radius 1 is 0.625 bits per heavy atom. The van der Waals surface area contributed by atoms with E-state index in [1.165, 1.54) is 0 Å². The van der Waals surface area contributed by atoms with E-state index in [1.54, 1.807) is 24.3 Å². The molecule has 4 heteroatoms. The summed E-state index contributed by atoms with van der Waals surface area (Å²) in [4.78, 5) is 0. The molecule has 77 valence electrons. The van der Waals surface area contributed by atoms with Gasteiger partial charge < -0.3 is 0 Å². The van der Waals surface area contributed by atoms with Crippen LogP contribution in [-0.4, -0.2) is 0 Å². The molecule has 2 aromatic carbocycles. The zero-order valence-corrected chi connectivity index (χ0v) is 8.49. The lowest BCUT2D eigenvalue weighted by Gasteiger charge is -1.93. The topological polar surface area (TPSA) is 59.4 Å². The number of nitrogens with zero attached hydrogens (tertiary/aromatic N) is 4. The Kier molecular flexibility index (Phi) is 3.13. The molecule has 0 bridgehead atoms. The van der Waals surface area contributed by atoms with Gasteiger partial charge in [0.05, 0.1) is 17.1 Å². The fourth-order valence-electron chi connectivity index (χ4n) is 1.20. The van der Waals surface area contributed by atoms with Crippen molar-refractivity contribution in [3.05, 3.63) is 54.6 Å². The first kappa shape index (κ1) is 10.2. The Hall–Kier alpha value is -2.36. The van der Waals surface area contributed by atoms with Gasteiger partial charge in [0.1, 0.15) is 0 Å². The normalized spacial score (nSPS) is 10.5. The van der Waals surface area contributed by atoms with Crippen molar-refractivity contribution < 1.29 is 0 Å². The molecule has 16 heavy (non-hydrogen) atoms. The van der Waals surface area contributed by atoms with Crippen LogP contribution in [0, 0.1) is 0 Å². The third-order valence-electron chi connectivity index (χ3n) is 2.00. The Bertz CT molecular complexity index is 488. The molecule has 0 unspecified atom stereocenters. The van der Waals surface area contributed by atoms with Crippen molar-refractivity contribution in [1.29, 1.82) is 0 Å². The molecule has 0 aliphatic heterocycles. The average Bonchev–Trinajstić information content (AvgIpc) is 2.38. The maximum atomic E-state index is 8.51. The zero-order chi connectivity index (χ0) is 11.2. The van der Waals surface area contributed by atoms with Crippen molar-refractivity contribution >= 4 is 17.1 Å². The maximum Gasteiger partial charge on any atom is 0.0877 e. The third-order valence-corrected chi connectivity index (χ3v) is 2.00. The summed E-state index contributed by atoms with van der Waals surface area (Å²) >= 11 is 0. The smallest absolute Gasteiger partial charge is 0.0877 e. The lowest BCUT2D eigenvalue weighted by Crippen LogP contribution is -1.65. The summed E-state index contributed by atoms with van der Waals surface area (Å²) in [6.07, 6.45) is 0. The van der Waals surface area contributed by atoms with Crippen molar-refractivity contribution in [3.8, 4) is 0 Å². The lowest BCUT2D eigenvalue weighted by molar-refractivity contribution is 1.22. The average molecular weight is 209 g/mol. The summed E-state index contributed by atoms with van der Waals surface area (Å²) < 4.78 is 0. The Morgan fingerprint density at radius 3 is 1.69 bits per heavy atom. The van der Waals surface area contributed by atoms with Gasteiger partial charge in [-0.15, -0.1) is 5.11 Å². The van der Waals surface area contributed by atoms with Crippen LogP contribution < -0.4 is 5.53 Å². The van der Waals surface area contributed by atoms with E-state index in [1.807, 2.05) is 30.3 Å². The van der Waals surface area contributed by atoms with Gasteiger partial charge in [-0.1, -0.05) is 18.2 Å². The molecule has 0 saturated carbocycles. The molecule has 0 N–H and O–H groups in total. The molecule has 0 saturated heterocycles. The van der Waals surface area contributed by atoms with Crippen LogP contribution in [0.3, 0.4) is 0 Å². The summed E-state index contributed by atoms with van der Waals surface area (Å²) in [6.45, 7) is 0. The molecule has 0 amide bonds. The van der Waals surface area contributed by atoms with Crippen molar-refractivity contribution in [2.75, 3.05) is 0 Å². The molecule has 0 spiro atoms. The summed E-state index contributed by atoms with van der Waals surface area (Å²) in [5, 5.41) is 11.2. The predicted octanol–water partition coefficient (Wildman–Crippen LogP) is 3.99. The highest BCUT2D eigenvalue weighted by molar-refractivity contribution is 5.47. The van der Waals surface area contributed by atoms with Gasteiger partial charge in [-0.2, -0.15) is 10.2 Å². The fourth-order valence-corrected chi connectivity index (χ4v) is 1.20. The standard InChI is InChI=1S/C12H9N4/c13-14-10-6-8-12(9-7-10)16-15-11-4-2-1-3-5-11/h1-9H/b16-15+. The van der Waals surface area contributed by atoms with E-state index in [4.69, 9.17) is 5.53 Å². The predicted molar refractivity (Wildman–Crippen MR) is 61.3 cm³/mol. The van der Waals surface area contributed by atoms with E-state index in [0.29, 0.717) is 5.69 Å². The van der Waals surface area contributed by atoms with Gasteiger partial charge >= 0.3 is 0 Å². The van der Waals surface area contributed by atoms with E-state index >= 15 is 0 Å². The number of azo groups is 1. The van der Waals surface area contributed by atoms with Crippen LogP contribution in [0.1, 0.15) is 0 Å². The molecule has 0 heterocycles. The molecular formula is C12H9N4. The van der Waals surface area contributed by atoms with Gasteiger partial charge in [0.15, 0.2) is 0 Å². The molecule has 2 rings (SSSR count). The number of benzene rings is 2. The zero-order valence-electron chi connectivity index (χ0n) is 8.49. The summed E-state index contributed by atoms with van der Waals surface area (Å²) in [7, 11) is 0. The van der Waals surface area contributed by atoms with Crippen LogP contribution in [-0.2, 0) is 0 Å². The second kappa shape index (κ2) is 4.93. The Labute approximate surface area is 93.2 Å². The van der Waals surface area contributed by atoms with E-state index in [2.05, 4.69) is 15.3 Å². The van der Waals surface area contributed by atoms with Gasteiger partial charge in [0, 0.05) is 0 Å². The van der Waals surface area contributed by atoms with Crippen LogP contribution in [0.25, 0.3) is 0 Å². The first-order valence-electron chi connectivity index (χ1n) is 4.80. The number of hydrogen-bond donors (Lipinski definition) is 0. The third kappa shape index (κ3) is 2.57. The molecular weight excluding hydrogens is 200 g/mol. The van der Waals surface area contributed by atoms with Crippen LogP contribution in [0.15, 0.2) is 69.9 Å². The summed E-state index contributed by atoms with van der Waals surface area (Å²) in [6, 6.07) is 16.3. The maximum absolute atomic E-state index is 8.51. The minimum atomic E-state index is 0.499. The van der Waals surface area contributed by atoms with Crippen molar-refractivity contribution in [2.45, 2.75) is 0 Å². The summed E-state index contributed by atoms with van der Waals surface area (Å²) in [5.74, 6) is 0. The SMILES string of the molecule is [N]=Nc1ccc(/N=N/c2ccccc2)cc1. The van der Waals surface area contributed by atoms with E-state index < -0.39 is 0 Å². The van der Waals surface area contributed by atoms with E-state index in [9.17, 15) is 0 Å². The van der Waals surface area contributed by atoms with Gasteiger partial charge in [0.2, 0.25) is 0 Å². The second-order valence-electron chi connectivity index (χ2n) is 3.15. The quantitative estimate of drug-likeness (QED) is 0.686. The van der Waals surface area contributed by atoms with Crippen LogP contribution >= 0.6 is 0 Å². The Morgan fingerprint density at radius 2 is 1.12 bits per heavy atom. The number of rotatable bonds is 3. The highest BCUT2D eigenvalue weighted by Gasteiger charge is 1.91. The van der Waals surface area contributed by atoms with E-state index in [0.717, 1.165) is 11.4 Å². The second-order valence-corrected chi connectivity index (χ2v) is 3.15. The van der Waals surface area contributed by atoms with Crippen LogP contribution in [0.2, 0.25) is 0 Å². The molecule has 2 aromatic rings. The van der Waals surface area contributed by atoms with E-state index in [-0.39, 0.29) is 0 Å². The molecule has 0 atom stereocenters. The van der Waals surface area contributed by atoms with Crippen molar-refractivity contribution in [1.82, 2.24) is 5.53 Å². The highest BCUT2D eigenvalue weighted by Crippen LogP contribution is 2.20. The number of hydrogen-bond acceptors (Lipinski definition) is 3. The largest absolute Gasteiger partial charge is 0.151 e. The van der Waals surface area contributed by atoms with Gasteiger partial charge in [-0.05, 0) is 41.9 Å². The van der Waals surface area contributed by atoms with Crippen LogP contribution in [0.5, 0.6) is 0 Å². The molecule has 0 aliphatic rings. The molecule has 0 fully saturated rings.